The molecule has 0 spiro atoms. The van der Waals surface area contributed by atoms with E-state index in [2.05, 4.69) is 22.3 Å². The summed E-state index contributed by atoms with van der Waals surface area (Å²) in [5.41, 5.74) is 2.20. The fraction of sp³-hybridized carbons (Fsp3) is 0.417. The minimum Gasteiger partial charge on any atom is -0.374 e. The van der Waals surface area contributed by atoms with Crippen molar-refractivity contribution >= 4 is 17.5 Å². The minimum atomic E-state index is -0.674. The number of benzene rings is 2. The van der Waals surface area contributed by atoms with Crippen molar-refractivity contribution < 1.29 is 14.3 Å². The van der Waals surface area contributed by atoms with E-state index in [4.69, 9.17) is 4.74 Å². The van der Waals surface area contributed by atoms with Gasteiger partial charge in [-0.05, 0) is 17.7 Å². The lowest BCUT2D eigenvalue weighted by Crippen LogP contribution is -2.56. The number of amides is 2. The Hall–Kier alpha value is -2.86. The van der Waals surface area contributed by atoms with Gasteiger partial charge in [-0.3, -0.25) is 9.59 Å². The van der Waals surface area contributed by atoms with Crippen LogP contribution < -0.4 is 10.2 Å². The Morgan fingerprint density at radius 1 is 0.933 bits per heavy atom. The van der Waals surface area contributed by atoms with Crippen molar-refractivity contribution in [3.05, 3.63) is 66.2 Å². The van der Waals surface area contributed by atoms with Gasteiger partial charge in [-0.2, -0.15) is 0 Å². The van der Waals surface area contributed by atoms with Crippen LogP contribution in [0.3, 0.4) is 0 Å². The fourth-order valence-electron chi connectivity index (χ4n) is 3.43. The minimum absolute atomic E-state index is 0.0789. The Morgan fingerprint density at radius 2 is 1.53 bits per heavy atom. The van der Waals surface area contributed by atoms with Crippen LogP contribution in [0.25, 0.3) is 0 Å². The zero-order chi connectivity index (χ0) is 21.3. The van der Waals surface area contributed by atoms with Crippen LogP contribution in [0.5, 0.6) is 0 Å². The predicted octanol–water partition coefficient (Wildman–Crippen LogP) is 2.69. The third kappa shape index (κ3) is 6.07. The highest BCUT2D eigenvalue weighted by atomic mass is 16.5. The lowest BCUT2D eigenvalue weighted by atomic mass is 10.1. The fourth-order valence-corrected chi connectivity index (χ4v) is 3.43. The summed E-state index contributed by atoms with van der Waals surface area (Å²) in [7, 11) is 0. The number of carbonyl (C=O) groups excluding carboxylic acids is 2. The van der Waals surface area contributed by atoms with Crippen molar-refractivity contribution in [2.45, 2.75) is 26.5 Å². The highest BCUT2D eigenvalue weighted by Crippen LogP contribution is 2.16. The molecule has 1 heterocycles. The van der Waals surface area contributed by atoms with E-state index in [-0.39, 0.29) is 24.3 Å². The molecule has 1 fully saturated rings. The van der Waals surface area contributed by atoms with Crippen LogP contribution in [-0.2, 0) is 20.9 Å². The molecule has 2 aromatic carbocycles. The van der Waals surface area contributed by atoms with Gasteiger partial charge in [-0.15, -0.1) is 0 Å². The Bertz CT molecular complexity index is 803. The molecule has 1 atom stereocenters. The number of rotatable bonds is 8. The molecule has 0 aliphatic carbocycles. The van der Waals surface area contributed by atoms with Crippen molar-refractivity contribution in [1.82, 2.24) is 10.2 Å². The largest absolute Gasteiger partial charge is 0.374 e. The number of piperazine rings is 1. The van der Waals surface area contributed by atoms with E-state index in [1.54, 1.807) is 0 Å². The number of hydrogen-bond acceptors (Lipinski definition) is 4. The Kier molecular flexibility index (Phi) is 7.85. The molecule has 1 saturated heterocycles. The van der Waals surface area contributed by atoms with E-state index in [1.807, 2.05) is 67.3 Å². The summed E-state index contributed by atoms with van der Waals surface area (Å²) in [6.07, 6.45) is 0. The maximum atomic E-state index is 13.2. The van der Waals surface area contributed by atoms with Gasteiger partial charge < -0.3 is 19.9 Å². The van der Waals surface area contributed by atoms with Gasteiger partial charge in [0.2, 0.25) is 11.8 Å². The topological polar surface area (TPSA) is 61.9 Å². The molecule has 0 aromatic heterocycles. The molecule has 1 aliphatic rings. The lowest BCUT2D eigenvalue weighted by molar-refractivity contribution is -0.139. The monoisotopic (exact) mass is 409 g/mol. The SMILES string of the molecule is CC(C)C(=O)NC(COCc1ccccc1)C(=O)N1CCN(c2ccccc2)CC1. The van der Waals surface area contributed by atoms with E-state index < -0.39 is 6.04 Å². The molecule has 30 heavy (non-hydrogen) atoms. The first-order valence-electron chi connectivity index (χ1n) is 10.6. The summed E-state index contributed by atoms with van der Waals surface area (Å²) in [5, 5.41) is 2.87. The maximum absolute atomic E-state index is 13.2. The lowest BCUT2D eigenvalue weighted by Gasteiger charge is -2.37. The highest BCUT2D eigenvalue weighted by molar-refractivity contribution is 5.88. The summed E-state index contributed by atoms with van der Waals surface area (Å²) >= 11 is 0. The average molecular weight is 410 g/mol. The number of nitrogens with zero attached hydrogens (tertiary/aromatic N) is 2. The number of anilines is 1. The maximum Gasteiger partial charge on any atom is 0.247 e. The van der Waals surface area contributed by atoms with Crippen molar-refractivity contribution in [2.24, 2.45) is 5.92 Å². The normalized spacial score (nSPS) is 15.2. The van der Waals surface area contributed by atoms with Gasteiger partial charge in [-0.25, -0.2) is 0 Å². The van der Waals surface area contributed by atoms with Gasteiger partial charge in [0, 0.05) is 37.8 Å². The molecule has 0 saturated carbocycles. The van der Waals surface area contributed by atoms with Crippen LogP contribution in [-0.4, -0.2) is 55.5 Å². The van der Waals surface area contributed by atoms with Crippen LogP contribution in [0.2, 0.25) is 0 Å². The second-order valence-corrected chi connectivity index (χ2v) is 7.86. The Balaban J connectivity index is 1.57. The van der Waals surface area contributed by atoms with E-state index >= 15 is 0 Å². The first-order chi connectivity index (χ1) is 14.5. The second-order valence-electron chi connectivity index (χ2n) is 7.86. The molecule has 2 amide bonds. The van der Waals surface area contributed by atoms with Crippen LogP contribution in [0.1, 0.15) is 19.4 Å². The van der Waals surface area contributed by atoms with Crippen LogP contribution in [0, 0.1) is 5.92 Å². The van der Waals surface area contributed by atoms with Gasteiger partial charge in [0.15, 0.2) is 0 Å². The van der Waals surface area contributed by atoms with Crippen molar-refractivity contribution in [3.8, 4) is 0 Å². The molecule has 6 heteroatoms. The average Bonchev–Trinajstić information content (AvgIpc) is 2.79. The summed E-state index contributed by atoms with van der Waals surface area (Å²) in [6, 6.07) is 19.4. The first kappa shape index (κ1) is 21.8. The Labute approximate surface area is 178 Å². The smallest absolute Gasteiger partial charge is 0.247 e. The number of para-hydroxylation sites is 1. The summed E-state index contributed by atoms with van der Waals surface area (Å²) in [6.45, 7) is 6.99. The summed E-state index contributed by atoms with van der Waals surface area (Å²) in [4.78, 5) is 29.5. The van der Waals surface area contributed by atoms with Gasteiger partial charge in [-0.1, -0.05) is 62.4 Å². The van der Waals surface area contributed by atoms with Gasteiger partial charge in [0.05, 0.1) is 13.2 Å². The van der Waals surface area contributed by atoms with E-state index in [1.165, 1.54) is 5.69 Å². The zero-order valence-electron chi connectivity index (χ0n) is 17.8. The first-order valence-corrected chi connectivity index (χ1v) is 10.6. The van der Waals surface area contributed by atoms with E-state index in [9.17, 15) is 9.59 Å². The molecule has 1 unspecified atom stereocenters. The van der Waals surface area contributed by atoms with Crippen LogP contribution >= 0.6 is 0 Å². The number of carbonyl (C=O) groups is 2. The van der Waals surface area contributed by atoms with Gasteiger partial charge in [0.1, 0.15) is 6.04 Å². The highest BCUT2D eigenvalue weighted by Gasteiger charge is 2.29. The van der Waals surface area contributed by atoms with Crippen molar-refractivity contribution in [3.63, 3.8) is 0 Å². The Morgan fingerprint density at radius 3 is 2.13 bits per heavy atom. The quantitative estimate of drug-likeness (QED) is 0.728. The van der Waals surface area contributed by atoms with Crippen molar-refractivity contribution in [2.75, 3.05) is 37.7 Å². The third-order valence-electron chi connectivity index (χ3n) is 5.25. The zero-order valence-corrected chi connectivity index (χ0v) is 17.8. The number of nitrogens with one attached hydrogen (secondary N) is 1. The number of hydrogen-bond donors (Lipinski definition) is 1. The predicted molar refractivity (Wildman–Crippen MR) is 118 cm³/mol. The standard InChI is InChI=1S/C24H31N3O3/c1-19(2)23(28)25-22(18-30-17-20-9-5-3-6-10-20)24(29)27-15-13-26(14-16-27)21-11-7-4-8-12-21/h3-12,19,22H,13-18H2,1-2H3,(H,25,28). The molecule has 160 valence electrons. The van der Waals surface area contributed by atoms with E-state index in [0.29, 0.717) is 19.7 Å². The summed E-state index contributed by atoms with van der Waals surface area (Å²) < 4.78 is 5.79. The molecule has 1 N–H and O–H groups in total. The second kappa shape index (κ2) is 10.8. The third-order valence-corrected chi connectivity index (χ3v) is 5.25. The van der Waals surface area contributed by atoms with Crippen molar-refractivity contribution in [1.29, 1.82) is 0 Å². The molecule has 1 aliphatic heterocycles. The molecule has 0 bridgehead atoms. The van der Waals surface area contributed by atoms with E-state index in [0.717, 1.165) is 18.7 Å². The molecular formula is C24H31N3O3. The summed E-state index contributed by atoms with van der Waals surface area (Å²) in [5.74, 6) is -0.409. The molecule has 6 nitrogen and oxygen atoms in total. The molecular weight excluding hydrogens is 378 g/mol. The number of ether oxygens (including phenoxy) is 1. The molecule has 3 rings (SSSR count). The van der Waals surface area contributed by atoms with Gasteiger partial charge >= 0.3 is 0 Å². The van der Waals surface area contributed by atoms with Gasteiger partial charge in [0.25, 0.3) is 0 Å². The molecule has 0 radical (unpaired) electrons. The van der Waals surface area contributed by atoms with Crippen LogP contribution in [0.4, 0.5) is 5.69 Å². The van der Waals surface area contributed by atoms with Crippen LogP contribution in [0.15, 0.2) is 60.7 Å². The molecule has 2 aromatic rings.